The standard InChI is InChI=1S/C15H19NO4.C7H7NO2.ClH/c1-11-7-8-16(9-13(11)14(17)18)15(19)20-10-12-5-3-2-4-6-12;1-5-2-3-8-4-6(5)7(9)10;/h2-6,11,13H,7-10H2,1H3,(H,17,18);2-4H,1H3,(H,9,10);1H. The number of aromatic carboxylic acids is 1. The highest BCUT2D eigenvalue weighted by atomic mass is 35.5. The number of benzene rings is 1. The minimum Gasteiger partial charge on any atom is -0.481 e. The summed E-state index contributed by atoms with van der Waals surface area (Å²) >= 11 is 0. The van der Waals surface area contributed by atoms with E-state index in [0.717, 1.165) is 11.1 Å². The molecule has 9 heteroatoms. The highest BCUT2D eigenvalue weighted by molar-refractivity contribution is 5.88. The zero-order valence-corrected chi connectivity index (χ0v) is 18.2. The summed E-state index contributed by atoms with van der Waals surface area (Å²) in [4.78, 5) is 38.6. The number of carboxylic acid groups (broad SMARTS) is 2. The largest absolute Gasteiger partial charge is 0.481 e. The van der Waals surface area contributed by atoms with Crippen LogP contribution in [0.25, 0.3) is 0 Å². The summed E-state index contributed by atoms with van der Waals surface area (Å²) in [6.45, 7) is 4.64. The number of halogens is 1. The van der Waals surface area contributed by atoms with Crippen molar-refractivity contribution in [2.75, 3.05) is 13.1 Å². The van der Waals surface area contributed by atoms with Gasteiger partial charge in [-0.05, 0) is 36.5 Å². The number of carbonyl (C=O) groups is 3. The highest BCUT2D eigenvalue weighted by Crippen LogP contribution is 2.24. The van der Waals surface area contributed by atoms with Crippen LogP contribution in [0.2, 0.25) is 0 Å². The average molecular weight is 451 g/mol. The average Bonchev–Trinajstić information content (AvgIpc) is 2.73. The molecule has 3 rings (SSSR count). The van der Waals surface area contributed by atoms with Crippen LogP contribution in [0.3, 0.4) is 0 Å². The predicted octanol–water partition coefficient (Wildman–Crippen LogP) is 3.88. The van der Waals surface area contributed by atoms with E-state index in [9.17, 15) is 14.4 Å². The van der Waals surface area contributed by atoms with E-state index in [1.807, 2.05) is 37.3 Å². The maximum atomic E-state index is 12.0. The smallest absolute Gasteiger partial charge is 0.410 e. The van der Waals surface area contributed by atoms with Crippen molar-refractivity contribution in [2.24, 2.45) is 11.8 Å². The second kappa shape index (κ2) is 12.5. The number of aryl methyl sites for hydroxylation is 1. The minimum atomic E-state index is -0.925. The van der Waals surface area contributed by atoms with E-state index in [-0.39, 0.29) is 37.0 Å². The number of carbonyl (C=O) groups excluding carboxylic acids is 1. The van der Waals surface area contributed by atoms with Gasteiger partial charge in [0.25, 0.3) is 0 Å². The maximum absolute atomic E-state index is 12.0. The molecule has 0 radical (unpaired) electrons. The predicted molar refractivity (Wildman–Crippen MR) is 116 cm³/mol. The van der Waals surface area contributed by atoms with Gasteiger partial charge in [-0.25, -0.2) is 9.59 Å². The molecule has 2 aromatic rings. The Balaban J connectivity index is 0.000000370. The first kappa shape index (κ1) is 25.9. The number of aromatic nitrogens is 1. The first-order valence-electron chi connectivity index (χ1n) is 9.62. The lowest BCUT2D eigenvalue weighted by Gasteiger charge is -2.34. The van der Waals surface area contributed by atoms with Crippen molar-refractivity contribution in [3.05, 3.63) is 65.5 Å². The second-order valence-corrected chi connectivity index (χ2v) is 7.19. The number of hydrogen-bond acceptors (Lipinski definition) is 5. The molecule has 1 fully saturated rings. The van der Waals surface area contributed by atoms with Gasteiger partial charge >= 0.3 is 18.0 Å². The fraction of sp³-hybridized carbons (Fsp3) is 0.364. The van der Waals surface area contributed by atoms with Gasteiger partial charge in [-0.2, -0.15) is 0 Å². The van der Waals surface area contributed by atoms with Gasteiger partial charge in [-0.15, -0.1) is 12.4 Å². The molecule has 1 aromatic heterocycles. The fourth-order valence-corrected chi connectivity index (χ4v) is 3.06. The van der Waals surface area contributed by atoms with Gasteiger partial charge in [0.15, 0.2) is 0 Å². The summed E-state index contributed by atoms with van der Waals surface area (Å²) in [5.41, 5.74) is 1.92. The summed E-state index contributed by atoms with van der Waals surface area (Å²) < 4.78 is 5.22. The van der Waals surface area contributed by atoms with E-state index in [0.29, 0.717) is 13.0 Å². The quantitative estimate of drug-likeness (QED) is 0.725. The third kappa shape index (κ3) is 7.90. The lowest BCUT2D eigenvalue weighted by molar-refractivity contribution is -0.145. The van der Waals surface area contributed by atoms with Gasteiger partial charge < -0.3 is 19.8 Å². The molecule has 2 heterocycles. The van der Waals surface area contributed by atoms with Crippen LogP contribution in [0.1, 0.15) is 34.8 Å². The number of piperidine rings is 1. The molecule has 0 spiro atoms. The van der Waals surface area contributed by atoms with Crippen molar-refractivity contribution < 1.29 is 29.3 Å². The van der Waals surface area contributed by atoms with E-state index in [2.05, 4.69) is 4.98 Å². The second-order valence-electron chi connectivity index (χ2n) is 7.19. The van der Waals surface area contributed by atoms with Gasteiger partial charge in [0, 0.05) is 25.5 Å². The molecular formula is C22H27ClN2O6. The van der Waals surface area contributed by atoms with Crippen molar-refractivity contribution in [3.8, 4) is 0 Å². The topological polar surface area (TPSA) is 117 Å². The molecule has 0 saturated carbocycles. The van der Waals surface area contributed by atoms with E-state index < -0.39 is 23.9 Å². The minimum absolute atomic E-state index is 0. The normalized spacial score (nSPS) is 17.4. The van der Waals surface area contributed by atoms with E-state index in [4.69, 9.17) is 14.9 Å². The summed E-state index contributed by atoms with van der Waals surface area (Å²) in [7, 11) is 0. The molecule has 1 saturated heterocycles. The Morgan fingerprint density at radius 3 is 2.39 bits per heavy atom. The Morgan fingerprint density at radius 1 is 1.16 bits per heavy atom. The van der Waals surface area contributed by atoms with Crippen molar-refractivity contribution in [1.82, 2.24) is 9.88 Å². The zero-order chi connectivity index (χ0) is 22.1. The molecule has 168 valence electrons. The van der Waals surface area contributed by atoms with E-state index >= 15 is 0 Å². The summed E-state index contributed by atoms with van der Waals surface area (Å²) in [6, 6.07) is 11.1. The molecular weight excluding hydrogens is 424 g/mol. The Morgan fingerprint density at radius 2 is 1.84 bits per heavy atom. The number of ether oxygens (including phenoxy) is 1. The summed E-state index contributed by atoms with van der Waals surface area (Å²) in [5.74, 6) is -2.19. The number of carboxylic acids is 2. The first-order valence-corrected chi connectivity index (χ1v) is 9.62. The van der Waals surface area contributed by atoms with Crippen LogP contribution < -0.4 is 0 Å². The molecule has 31 heavy (non-hydrogen) atoms. The molecule has 2 atom stereocenters. The lowest BCUT2D eigenvalue weighted by atomic mass is 9.87. The highest BCUT2D eigenvalue weighted by Gasteiger charge is 2.34. The molecule has 0 bridgehead atoms. The maximum Gasteiger partial charge on any atom is 0.410 e. The number of nitrogens with zero attached hydrogens (tertiary/aromatic N) is 2. The fourth-order valence-electron chi connectivity index (χ4n) is 3.06. The van der Waals surface area contributed by atoms with Crippen LogP contribution >= 0.6 is 12.4 Å². The van der Waals surface area contributed by atoms with Crippen LogP contribution in [0.5, 0.6) is 0 Å². The molecule has 2 unspecified atom stereocenters. The third-order valence-electron chi connectivity index (χ3n) is 5.01. The number of likely N-dealkylation sites (tertiary alicyclic amines) is 1. The molecule has 8 nitrogen and oxygen atoms in total. The van der Waals surface area contributed by atoms with E-state index in [1.165, 1.54) is 11.1 Å². The molecule has 1 aliphatic rings. The molecule has 2 N–H and O–H groups in total. The van der Waals surface area contributed by atoms with Gasteiger partial charge in [0.05, 0.1) is 11.5 Å². The third-order valence-corrected chi connectivity index (χ3v) is 5.01. The van der Waals surface area contributed by atoms with Crippen LogP contribution in [0, 0.1) is 18.8 Å². The van der Waals surface area contributed by atoms with Crippen LogP contribution in [-0.4, -0.2) is 51.2 Å². The number of hydrogen-bond donors (Lipinski definition) is 2. The number of pyridine rings is 1. The van der Waals surface area contributed by atoms with Crippen LogP contribution in [0.15, 0.2) is 48.8 Å². The number of amides is 1. The molecule has 0 aliphatic carbocycles. The van der Waals surface area contributed by atoms with Crippen molar-refractivity contribution in [3.63, 3.8) is 0 Å². The Labute approximate surface area is 187 Å². The zero-order valence-electron chi connectivity index (χ0n) is 17.4. The Bertz CT molecular complexity index is 877. The van der Waals surface area contributed by atoms with Crippen LogP contribution in [0.4, 0.5) is 4.79 Å². The summed E-state index contributed by atoms with van der Waals surface area (Å²) in [6.07, 6.45) is 3.17. The van der Waals surface area contributed by atoms with Crippen LogP contribution in [-0.2, 0) is 16.1 Å². The number of rotatable bonds is 4. The van der Waals surface area contributed by atoms with Gasteiger partial charge in [0.2, 0.25) is 0 Å². The lowest BCUT2D eigenvalue weighted by Crippen LogP contribution is -2.45. The number of aliphatic carboxylic acids is 1. The summed E-state index contributed by atoms with van der Waals surface area (Å²) in [5, 5.41) is 17.7. The molecule has 1 aliphatic heterocycles. The molecule has 1 amide bonds. The van der Waals surface area contributed by atoms with Gasteiger partial charge in [-0.1, -0.05) is 37.3 Å². The van der Waals surface area contributed by atoms with Gasteiger partial charge in [-0.3, -0.25) is 9.78 Å². The SMILES string of the molecule is CC1CCN(C(=O)OCc2ccccc2)CC1C(=O)O.Cc1ccncc1C(=O)O.Cl. The van der Waals surface area contributed by atoms with Gasteiger partial charge in [0.1, 0.15) is 6.61 Å². The van der Waals surface area contributed by atoms with Crippen molar-refractivity contribution >= 4 is 30.4 Å². The van der Waals surface area contributed by atoms with E-state index in [1.54, 1.807) is 19.2 Å². The molecule has 1 aromatic carbocycles. The monoisotopic (exact) mass is 450 g/mol. The Hall–Kier alpha value is -3.13. The first-order chi connectivity index (χ1) is 14.3. The Kier molecular flexibility index (Phi) is 10.5. The van der Waals surface area contributed by atoms with Crippen molar-refractivity contribution in [1.29, 1.82) is 0 Å². The van der Waals surface area contributed by atoms with Crippen molar-refractivity contribution in [2.45, 2.75) is 26.9 Å².